The van der Waals surface area contributed by atoms with Crippen LogP contribution < -0.4 is 4.90 Å². The van der Waals surface area contributed by atoms with Crippen LogP contribution in [0.25, 0.3) is 0 Å². The molecule has 3 saturated heterocycles. The lowest BCUT2D eigenvalue weighted by Crippen LogP contribution is -3.20. The SMILES string of the molecule is Cc1ccc(O)c(CC2C(=O)C3CC[NH+]2CC3)c1. The van der Waals surface area contributed by atoms with Gasteiger partial charge >= 0.3 is 0 Å². The van der Waals surface area contributed by atoms with E-state index >= 15 is 0 Å². The van der Waals surface area contributed by atoms with E-state index in [4.69, 9.17) is 0 Å². The van der Waals surface area contributed by atoms with Crippen molar-refractivity contribution in [2.45, 2.75) is 32.2 Å². The predicted octanol–water partition coefficient (Wildman–Crippen LogP) is 0.489. The fraction of sp³-hybridized carbons (Fsp3) is 0.533. The zero-order valence-corrected chi connectivity index (χ0v) is 10.8. The van der Waals surface area contributed by atoms with Gasteiger partial charge in [-0.3, -0.25) is 4.79 Å². The van der Waals surface area contributed by atoms with Crippen LogP contribution in [0.2, 0.25) is 0 Å². The van der Waals surface area contributed by atoms with Crippen molar-refractivity contribution >= 4 is 5.78 Å². The normalized spacial score (nSPS) is 30.7. The van der Waals surface area contributed by atoms with Gasteiger partial charge in [0, 0.05) is 30.7 Å². The molecule has 1 aromatic rings. The second-order valence-electron chi connectivity index (χ2n) is 5.72. The van der Waals surface area contributed by atoms with Crippen LogP contribution in [-0.2, 0) is 11.2 Å². The Morgan fingerprint density at radius 2 is 2.06 bits per heavy atom. The van der Waals surface area contributed by atoms with E-state index in [1.807, 2.05) is 19.1 Å². The number of Topliss-reactive ketones (excluding diaryl/α,β-unsaturated/α-hetero) is 1. The molecule has 1 aromatic carbocycles. The maximum Gasteiger partial charge on any atom is 0.193 e. The van der Waals surface area contributed by atoms with Crippen molar-refractivity contribution in [1.82, 2.24) is 0 Å². The second-order valence-corrected chi connectivity index (χ2v) is 5.72. The zero-order valence-electron chi connectivity index (χ0n) is 10.8. The van der Waals surface area contributed by atoms with Crippen LogP contribution in [0, 0.1) is 12.8 Å². The maximum atomic E-state index is 12.3. The van der Waals surface area contributed by atoms with Gasteiger partial charge in [-0.1, -0.05) is 17.7 Å². The standard InChI is InChI=1S/C15H19NO2/c1-10-2-3-14(17)12(8-10)9-13-15(18)11-4-6-16(13)7-5-11/h2-3,8,11,13,17H,4-7,9H2,1H3/p+1. The number of hydrogen-bond acceptors (Lipinski definition) is 2. The summed E-state index contributed by atoms with van der Waals surface area (Å²) in [6.45, 7) is 4.26. The number of benzene rings is 1. The average molecular weight is 246 g/mol. The fourth-order valence-corrected chi connectivity index (χ4v) is 3.45. The first kappa shape index (κ1) is 11.7. The smallest absolute Gasteiger partial charge is 0.193 e. The van der Waals surface area contributed by atoms with Crippen LogP contribution in [0.3, 0.4) is 0 Å². The van der Waals surface area contributed by atoms with Gasteiger partial charge in [-0.15, -0.1) is 0 Å². The van der Waals surface area contributed by atoms with Gasteiger partial charge in [0.15, 0.2) is 11.8 Å². The fourth-order valence-electron chi connectivity index (χ4n) is 3.45. The Kier molecular flexibility index (Phi) is 2.86. The van der Waals surface area contributed by atoms with Crippen LogP contribution in [-0.4, -0.2) is 30.0 Å². The number of piperidine rings is 3. The van der Waals surface area contributed by atoms with Crippen LogP contribution >= 0.6 is 0 Å². The summed E-state index contributed by atoms with van der Waals surface area (Å²) in [6, 6.07) is 5.72. The number of carbonyl (C=O) groups is 1. The van der Waals surface area contributed by atoms with Crippen LogP contribution in [0.15, 0.2) is 18.2 Å². The van der Waals surface area contributed by atoms with E-state index in [1.165, 1.54) is 4.90 Å². The predicted molar refractivity (Wildman–Crippen MR) is 68.8 cm³/mol. The molecule has 1 unspecified atom stereocenters. The summed E-state index contributed by atoms with van der Waals surface area (Å²) in [5, 5.41) is 9.90. The van der Waals surface area contributed by atoms with Crippen LogP contribution in [0.4, 0.5) is 0 Å². The third kappa shape index (κ3) is 1.93. The molecule has 2 N–H and O–H groups in total. The number of aryl methyl sites for hydroxylation is 1. The molecule has 0 spiro atoms. The van der Waals surface area contributed by atoms with Gasteiger partial charge in [0.2, 0.25) is 0 Å². The number of quaternary nitrogens is 1. The minimum Gasteiger partial charge on any atom is -0.508 e. The number of hydrogen-bond donors (Lipinski definition) is 2. The summed E-state index contributed by atoms with van der Waals surface area (Å²) in [6.07, 6.45) is 2.81. The number of phenols is 1. The van der Waals surface area contributed by atoms with Gasteiger partial charge in [-0.25, -0.2) is 0 Å². The summed E-state index contributed by atoms with van der Waals surface area (Å²) in [4.78, 5) is 13.7. The Morgan fingerprint density at radius 1 is 1.33 bits per heavy atom. The topological polar surface area (TPSA) is 41.7 Å². The Morgan fingerprint density at radius 3 is 2.72 bits per heavy atom. The number of carbonyl (C=O) groups excluding carboxylic acids is 1. The number of aromatic hydroxyl groups is 1. The number of ketones is 1. The Labute approximate surface area is 107 Å². The van der Waals surface area contributed by atoms with Crippen LogP contribution in [0.5, 0.6) is 5.75 Å². The van der Waals surface area contributed by atoms with E-state index in [0.717, 1.165) is 37.1 Å². The molecule has 0 amide bonds. The quantitative estimate of drug-likeness (QED) is 0.797. The van der Waals surface area contributed by atoms with Gasteiger partial charge in [0.1, 0.15) is 5.75 Å². The molecule has 3 aliphatic rings. The zero-order chi connectivity index (χ0) is 12.7. The first-order valence-electron chi connectivity index (χ1n) is 6.82. The van der Waals surface area contributed by atoms with Crippen molar-refractivity contribution in [3.63, 3.8) is 0 Å². The van der Waals surface area contributed by atoms with Gasteiger partial charge in [-0.05, 0) is 13.0 Å². The molecule has 96 valence electrons. The molecule has 2 bridgehead atoms. The Balaban J connectivity index is 1.84. The second kappa shape index (κ2) is 4.39. The monoisotopic (exact) mass is 246 g/mol. The first-order valence-corrected chi connectivity index (χ1v) is 6.82. The highest BCUT2D eigenvalue weighted by atomic mass is 16.3. The highest BCUT2D eigenvalue weighted by Gasteiger charge is 2.44. The molecular weight excluding hydrogens is 226 g/mol. The van der Waals surface area contributed by atoms with Crippen molar-refractivity contribution in [1.29, 1.82) is 0 Å². The highest BCUT2D eigenvalue weighted by Crippen LogP contribution is 2.24. The average Bonchev–Trinajstić information content (AvgIpc) is 2.38. The van der Waals surface area contributed by atoms with E-state index in [0.29, 0.717) is 23.9 Å². The largest absolute Gasteiger partial charge is 0.508 e. The molecule has 3 heterocycles. The van der Waals surface area contributed by atoms with Gasteiger partial charge in [-0.2, -0.15) is 0 Å². The van der Waals surface area contributed by atoms with E-state index in [-0.39, 0.29) is 6.04 Å². The molecular formula is C15H20NO2+. The summed E-state index contributed by atoms with van der Waals surface area (Å²) in [5.41, 5.74) is 2.06. The molecule has 3 heteroatoms. The number of phenolic OH excluding ortho intramolecular Hbond substituents is 1. The molecule has 0 radical (unpaired) electrons. The third-order valence-electron chi connectivity index (χ3n) is 4.53. The lowest BCUT2D eigenvalue weighted by Gasteiger charge is -2.41. The molecule has 0 aliphatic carbocycles. The lowest BCUT2D eigenvalue weighted by atomic mass is 9.80. The Hall–Kier alpha value is -1.35. The van der Waals surface area contributed by atoms with Crippen molar-refractivity contribution in [2.75, 3.05) is 13.1 Å². The highest BCUT2D eigenvalue weighted by molar-refractivity contribution is 5.86. The third-order valence-corrected chi connectivity index (χ3v) is 4.53. The van der Waals surface area contributed by atoms with Gasteiger partial charge in [0.05, 0.1) is 13.1 Å². The summed E-state index contributed by atoms with van der Waals surface area (Å²) < 4.78 is 0. The molecule has 0 saturated carbocycles. The summed E-state index contributed by atoms with van der Waals surface area (Å²) >= 11 is 0. The van der Waals surface area contributed by atoms with E-state index in [2.05, 4.69) is 0 Å². The first-order chi connectivity index (χ1) is 8.65. The number of rotatable bonds is 2. The van der Waals surface area contributed by atoms with Crippen LogP contribution in [0.1, 0.15) is 24.0 Å². The molecule has 3 aliphatic heterocycles. The molecule has 4 rings (SSSR count). The lowest BCUT2D eigenvalue weighted by molar-refractivity contribution is -0.927. The van der Waals surface area contributed by atoms with Crippen molar-refractivity contribution < 1.29 is 14.8 Å². The maximum absolute atomic E-state index is 12.3. The van der Waals surface area contributed by atoms with E-state index < -0.39 is 0 Å². The molecule has 1 atom stereocenters. The minimum absolute atomic E-state index is 0.0743. The molecule has 3 nitrogen and oxygen atoms in total. The number of nitrogens with one attached hydrogen (secondary N) is 1. The molecule has 3 fully saturated rings. The molecule has 0 aromatic heterocycles. The summed E-state index contributed by atoms with van der Waals surface area (Å²) in [7, 11) is 0. The van der Waals surface area contributed by atoms with Gasteiger partial charge < -0.3 is 10.0 Å². The van der Waals surface area contributed by atoms with E-state index in [1.54, 1.807) is 6.07 Å². The van der Waals surface area contributed by atoms with Gasteiger partial charge in [0.25, 0.3) is 0 Å². The summed E-state index contributed by atoms with van der Waals surface area (Å²) in [5.74, 6) is 1.04. The van der Waals surface area contributed by atoms with Crippen molar-refractivity contribution in [3.8, 4) is 5.75 Å². The molecule has 18 heavy (non-hydrogen) atoms. The van der Waals surface area contributed by atoms with Crippen molar-refractivity contribution in [2.24, 2.45) is 5.92 Å². The van der Waals surface area contributed by atoms with Crippen molar-refractivity contribution in [3.05, 3.63) is 29.3 Å². The minimum atomic E-state index is 0.0743. The van der Waals surface area contributed by atoms with E-state index in [9.17, 15) is 9.90 Å². The Bertz CT molecular complexity index is 475. The number of fused-ring (bicyclic) bond motifs is 3.